The monoisotopic (exact) mass is 260 g/mol. The van der Waals surface area contributed by atoms with Crippen molar-refractivity contribution in [3.05, 3.63) is 30.3 Å². The van der Waals surface area contributed by atoms with E-state index >= 15 is 0 Å². The van der Waals surface area contributed by atoms with Gasteiger partial charge in [0, 0.05) is 38.0 Å². The van der Waals surface area contributed by atoms with E-state index in [0.717, 1.165) is 13.1 Å². The van der Waals surface area contributed by atoms with Gasteiger partial charge in [-0.2, -0.15) is 0 Å². The van der Waals surface area contributed by atoms with Gasteiger partial charge in [0.15, 0.2) is 0 Å². The lowest BCUT2D eigenvalue weighted by atomic mass is 10.0. The third kappa shape index (κ3) is 2.93. The zero-order valence-electron chi connectivity index (χ0n) is 11.5. The molecule has 0 bridgehead atoms. The van der Waals surface area contributed by atoms with Crippen LogP contribution in [0, 0.1) is 5.92 Å². The number of likely N-dealkylation sites (tertiary alicyclic amines) is 1. The molecule has 2 heterocycles. The highest BCUT2D eigenvalue weighted by molar-refractivity contribution is 5.46. The van der Waals surface area contributed by atoms with Crippen molar-refractivity contribution >= 4 is 5.69 Å². The van der Waals surface area contributed by atoms with Crippen LogP contribution in [-0.2, 0) is 0 Å². The molecule has 0 aliphatic carbocycles. The summed E-state index contributed by atoms with van der Waals surface area (Å²) in [7, 11) is 0. The second kappa shape index (κ2) is 5.93. The minimum Gasteiger partial charge on any atom is -0.396 e. The summed E-state index contributed by atoms with van der Waals surface area (Å²) in [5.74, 6) is 0.507. The molecule has 0 spiro atoms. The van der Waals surface area contributed by atoms with Crippen molar-refractivity contribution in [1.29, 1.82) is 0 Å². The first-order chi connectivity index (χ1) is 9.36. The van der Waals surface area contributed by atoms with Gasteiger partial charge in [-0.3, -0.25) is 4.90 Å². The molecule has 1 N–H and O–H groups in total. The molecule has 2 aliphatic rings. The summed E-state index contributed by atoms with van der Waals surface area (Å²) in [5, 5.41) is 9.28. The third-order valence-corrected chi connectivity index (χ3v) is 4.61. The van der Waals surface area contributed by atoms with Gasteiger partial charge in [-0.1, -0.05) is 18.2 Å². The molecule has 2 atom stereocenters. The van der Waals surface area contributed by atoms with Crippen molar-refractivity contribution in [2.45, 2.75) is 25.3 Å². The first-order valence-electron chi connectivity index (χ1n) is 7.51. The predicted molar refractivity (Wildman–Crippen MR) is 78.4 cm³/mol. The summed E-state index contributed by atoms with van der Waals surface area (Å²) in [6, 6.07) is 11.4. The first kappa shape index (κ1) is 12.9. The molecule has 0 saturated carbocycles. The Hall–Kier alpha value is -1.06. The van der Waals surface area contributed by atoms with Crippen LogP contribution in [0.15, 0.2) is 30.3 Å². The van der Waals surface area contributed by atoms with Crippen molar-refractivity contribution in [3.8, 4) is 0 Å². The summed E-state index contributed by atoms with van der Waals surface area (Å²) in [5.41, 5.74) is 1.35. The Morgan fingerprint density at radius 2 is 1.89 bits per heavy atom. The quantitative estimate of drug-likeness (QED) is 0.900. The first-order valence-corrected chi connectivity index (χ1v) is 7.51. The minimum absolute atomic E-state index is 0.353. The maximum atomic E-state index is 9.28. The van der Waals surface area contributed by atoms with Crippen LogP contribution < -0.4 is 4.90 Å². The maximum absolute atomic E-state index is 9.28. The van der Waals surface area contributed by atoms with Crippen LogP contribution in [-0.4, -0.2) is 48.8 Å². The molecule has 1 aromatic carbocycles. The average Bonchev–Trinajstić information content (AvgIpc) is 2.97. The summed E-state index contributed by atoms with van der Waals surface area (Å²) < 4.78 is 0. The number of piperidine rings is 1. The van der Waals surface area contributed by atoms with Gasteiger partial charge < -0.3 is 10.0 Å². The highest BCUT2D eigenvalue weighted by Crippen LogP contribution is 2.26. The SMILES string of the molecule is OCC1CCN(C2CCCN(c3ccccc3)C2)C1. The fourth-order valence-electron chi connectivity index (χ4n) is 3.47. The summed E-state index contributed by atoms with van der Waals surface area (Å²) in [4.78, 5) is 5.11. The van der Waals surface area contributed by atoms with Crippen molar-refractivity contribution in [2.24, 2.45) is 5.92 Å². The zero-order valence-corrected chi connectivity index (χ0v) is 11.5. The normalized spacial score (nSPS) is 28.8. The van der Waals surface area contributed by atoms with E-state index < -0.39 is 0 Å². The Balaban J connectivity index is 1.62. The molecule has 3 heteroatoms. The van der Waals surface area contributed by atoms with Gasteiger partial charge in [0.2, 0.25) is 0 Å². The number of hydrogen-bond donors (Lipinski definition) is 1. The van der Waals surface area contributed by atoms with E-state index in [9.17, 15) is 5.11 Å². The van der Waals surface area contributed by atoms with E-state index in [1.807, 2.05) is 0 Å². The number of rotatable bonds is 3. The largest absolute Gasteiger partial charge is 0.396 e. The van der Waals surface area contributed by atoms with Gasteiger partial charge in [-0.25, -0.2) is 0 Å². The van der Waals surface area contributed by atoms with Gasteiger partial charge in [0.1, 0.15) is 0 Å². The molecule has 2 fully saturated rings. The highest BCUT2D eigenvalue weighted by Gasteiger charge is 2.30. The number of hydrogen-bond acceptors (Lipinski definition) is 3. The van der Waals surface area contributed by atoms with Crippen molar-refractivity contribution in [1.82, 2.24) is 4.90 Å². The minimum atomic E-state index is 0.353. The summed E-state index contributed by atoms with van der Waals surface area (Å²) in [6.07, 6.45) is 3.75. The molecule has 2 aliphatic heterocycles. The smallest absolute Gasteiger partial charge is 0.0471 e. The number of nitrogens with zero attached hydrogens (tertiary/aromatic N) is 2. The number of anilines is 1. The third-order valence-electron chi connectivity index (χ3n) is 4.61. The predicted octanol–water partition coefficient (Wildman–Crippen LogP) is 1.97. The molecular weight excluding hydrogens is 236 g/mol. The zero-order chi connectivity index (χ0) is 13.1. The summed E-state index contributed by atoms with van der Waals surface area (Å²) >= 11 is 0. The van der Waals surface area contributed by atoms with E-state index in [1.165, 1.54) is 38.0 Å². The molecule has 3 rings (SSSR count). The highest BCUT2D eigenvalue weighted by atomic mass is 16.3. The Morgan fingerprint density at radius 3 is 2.63 bits per heavy atom. The Kier molecular flexibility index (Phi) is 4.04. The lowest BCUT2D eigenvalue weighted by molar-refractivity contribution is 0.184. The molecule has 2 unspecified atom stereocenters. The average molecular weight is 260 g/mol. The van der Waals surface area contributed by atoms with E-state index in [4.69, 9.17) is 0 Å². The van der Waals surface area contributed by atoms with Crippen LogP contribution in [0.4, 0.5) is 5.69 Å². The summed E-state index contributed by atoms with van der Waals surface area (Å²) in [6.45, 7) is 4.92. The standard InChI is InChI=1S/C16H24N2O/c19-13-14-8-10-18(11-14)16-7-4-9-17(12-16)15-5-2-1-3-6-15/h1-3,5-6,14,16,19H,4,7-13H2. The van der Waals surface area contributed by atoms with Gasteiger partial charge >= 0.3 is 0 Å². The lowest BCUT2D eigenvalue weighted by Gasteiger charge is -2.39. The van der Waals surface area contributed by atoms with Crippen molar-refractivity contribution in [2.75, 3.05) is 37.7 Å². The van der Waals surface area contributed by atoms with E-state index in [-0.39, 0.29) is 0 Å². The molecule has 0 amide bonds. The Morgan fingerprint density at radius 1 is 1.05 bits per heavy atom. The molecule has 0 aromatic heterocycles. The fraction of sp³-hybridized carbons (Fsp3) is 0.625. The molecule has 2 saturated heterocycles. The van der Waals surface area contributed by atoms with Crippen molar-refractivity contribution < 1.29 is 5.11 Å². The number of para-hydroxylation sites is 1. The number of benzene rings is 1. The van der Waals surface area contributed by atoms with Crippen LogP contribution in [0.3, 0.4) is 0 Å². The van der Waals surface area contributed by atoms with E-state index in [0.29, 0.717) is 18.6 Å². The Labute approximate surface area is 115 Å². The molecule has 1 aromatic rings. The van der Waals surface area contributed by atoms with E-state index in [1.54, 1.807) is 0 Å². The molecule has 0 radical (unpaired) electrons. The van der Waals surface area contributed by atoms with Crippen molar-refractivity contribution in [3.63, 3.8) is 0 Å². The van der Waals surface area contributed by atoms with Crippen LogP contribution in [0.2, 0.25) is 0 Å². The van der Waals surface area contributed by atoms with Gasteiger partial charge in [-0.05, 0) is 43.9 Å². The van der Waals surface area contributed by atoms with Crippen LogP contribution >= 0.6 is 0 Å². The van der Waals surface area contributed by atoms with Crippen LogP contribution in [0.1, 0.15) is 19.3 Å². The van der Waals surface area contributed by atoms with E-state index in [2.05, 4.69) is 40.1 Å². The lowest BCUT2D eigenvalue weighted by Crippen LogP contribution is -2.47. The fourth-order valence-corrected chi connectivity index (χ4v) is 3.47. The van der Waals surface area contributed by atoms with Gasteiger partial charge in [0.25, 0.3) is 0 Å². The Bertz CT molecular complexity index is 395. The second-order valence-electron chi connectivity index (χ2n) is 5.91. The second-order valence-corrected chi connectivity index (χ2v) is 5.91. The maximum Gasteiger partial charge on any atom is 0.0471 e. The number of aliphatic hydroxyl groups is 1. The van der Waals surface area contributed by atoms with Crippen LogP contribution in [0.5, 0.6) is 0 Å². The van der Waals surface area contributed by atoms with Gasteiger partial charge in [-0.15, -0.1) is 0 Å². The topological polar surface area (TPSA) is 26.7 Å². The molecular formula is C16H24N2O. The molecule has 19 heavy (non-hydrogen) atoms. The number of aliphatic hydroxyl groups excluding tert-OH is 1. The van der Waals surface area contributed by atoms with Crippen LogP contribution in [0.25, 0.3) is 0 Å². The molecule has 104 valence electrons. The molecule has 3 nitrogen and oxygen atoms in total. The van der Waals surface area contributed by atoms with Gasteiger partial charge in [0.05, 0.1) is 0 Å².